The summed E-state index contributed by atoms with van der Waals surface area (Å²) in [4.78, 5) is 0. The van der Waals surface area contributed by atoms with E-state index in [4.69, 9.17) is 4.42 Å². The zero-order valence-corrected chi connectivity index (χ0v) is 10.8. The highest BCUT2D eigenvalue weighted by molar-refractivity contribution is 5.07. The fourth-order valence-electron chi connectivity index (χ4n) is 2.70. The molecule has 3 heteroatoms. The molecule has 1 aromatic heterocycles. The molecule has 1 saturated carbocycles. The minimum atomic E-state index is 0.0418. The third kappa shape index (κ3) is 2.72. The summed E-state index contributed by atoms with van der Waals surface area (Å²) in [6.07, 6.45) is 4.41. The Kier molecular flexibility index (Phi) is 3.89. The molecular weight excluding hydrogens is 214 g/mol. The number of hydrogen-bond donors (Lipinski definition) is 2. The van der Waals surface area contributed by atoms with E-state index < -0.39 is 0 Å². The molecule has 0 aliphatic heterocycles. The van der Waals surface area contributed by atoms with Gasteiger partial charge in [-0.2, -0.15) is 0 Å². The molecule has 2 unspecified atom stereocenters. The molecule has 2 rings (SSSR count). The van der Waals surface area contributed by atoms with Crippen LogP contribution in [-0.4, -0.2) is 17.8 Å². The smallest absolute Gasteiger partial charge is 0.117 e. The second kappa shape index (κ2) is 5.23. The molecular formula is C14H23NO2. The average molecular weight is 237 g/mol. The lowest BCUT2D eigenvalue weighted by atomic mass is 9.86. The van der Waals surface area contributed by atoms with Crippen molar-refractivity contribution in [1.29, 1.82) is 0 Å². The van der Waals surface area contributed by atoms with Crippen LogP contribution in [0.1, 0.15) is 44.6 Å². The van der Waals surface area contributed by atoms with Crippen LogP contribution in [0.4, 0.5) is 0 Å². The van der Waals surface area contributed by atoms with Gasteiger partial charge in [0.2, 0.25) is 0 Å². The van der Waals surface area contributed by atoms with Gasteiger partial charge < -0.3 is 14.8 Å². The minimum Gasteiger partial charge on any atom is -0.465 e. The molecule has 17 heavy (non-hydrogen) atoms. The van der Waals surface area contributed by atoms with Gasteiger partial charge in [-0.15, -0.1) is 0 Å². The van der Waals surface area contributed by atoms with E-state index in [1.54, 1.807) is 0 Å². The summed E-state index contributed by atoms with van der Waals surface area (Å²) in [5, 5.41) is 13.0. The van der Waals surface area contributed by atoms with Crippen LogP contribution in [-0.2, 0) is 13.0 Å². The first-order valence-electron chi connectivity index (χ1n) is 6.60. The van der Waals surface area contributed by atoms with Crippen LogP contribution in [0, 0.1) is 5.41 Å². The highest BCUT2D eigenvalue weighted by Crippen LogP contribution is 2.37. The number of nitrogens with one attached hydrogen (secondary N) is 1. The number of furan rings is 1. The van der Waals surface area contributed by atoms with Crippen molar-refractivity contribution in [2.24, 2.45) is 5.41 Å². The van der Waals surface area contributed by atoms with Crippen LogP contribution in [0.2, 0.25) is 0 Å². The Morgan fingerprint density at radius 3 is 2.88 bits per heavy atom. The van der Waals surface area contributed by atoms with Crippen LogP contribution >= 0.6 is 0 Å². The summed E-state index contributed by atoms with van der Waals surface area (Å²) in [6.45, 7) is 5.29. The molecule has 0 aromatic carbocycles. The van der Waals surface area contributed by atoms with Crippen LogP contribution in [0.25, 0.3) is 0 Å². The minimum absolute atomic E-state index is 0.0418. The van der Waals surface area contributed by atoms with Gasteiger partial charge in [0.25, 0.3) is 0 Å². The Labute approximate surface area is 103 Å². The van der Waals surface area contributed by atoms with Gasteiger partial charge >= 0.3 is 0 Å². The maximum Gasteiger partial charge on any atom is 0.117 e. The second-order valence-corrected chi connectivity index (χ2v) is 5.36. The van der Waals surface area contributed by atoms with Crippen molar-refractivity contribution in [3.63, 3.8) is 0 Å². The van der Waals surface area contributed by atoms with Crippen molar-refractivity contribution in [2.45, 2.75) is 52.1 Å². The van der Waals surface area contributed by atoms with Gasteiger partial charge in [-0.05, 0) is 25.0 Å². The maximum absolute atomic E-state index is 9.47. The Morgan fingerprint density at radius 2 is 2.24 bits per heavy atom. The molecule has 2 atom stereocenters. The van der Waals surface area contributed by atoms with Crippen LogP contribution in [0.5, 0.6) is 0 Å². The van der Waals surface area contributed by atoms with Crippen molar-refractivity contribution in [1.82, 2.24) is 5.32 Å². The molecule has 96 valence electrons. The van der Waals surface area contributed by atoms with E-state index >= 15 is 0 Å². The van der Waals surface area contributed by atoms with E-state index in [1.165, 1.54) is 6.42 Å². The van der Waals surface area contributed by atoms with E-state index in [9.17, 15) is 5.11 Å². The van der Waals surface area contributed by atoms with Gasteiger partial charge in [-0.25, -0.2) is 0 Å². The average Bonchev–Trinajstić information content (AvgIpc) is 2.94. The molecule has 1 aliphatic carbocycles. The normalized spacial score (nSPS) is 28.8. The molecule has 0 spiro atoms. The number of aliphatic hydroxyl groups excluding tert-OH is 1. The molecule has 0 amide bonds. The number of aryl methyl sites for hydroxylation is 1. The topological polar surface area (TPSA) is 45.4 Å². The summed E-state index contributed by atoms with van der Waals surface area (Å²) in [5.41, 5.74) is 0.0418. The molecule has 0 saturated heterocycles. The molecule has 0 radical (unpaired) electrons. The summed E-state index contributed by atoms with van der Waals surface area (Å²) in [6, 6.07) is 4.48. The molecule has 0 bridgehead atoms. The van der Waals surface area contributed by atoms with E-state index in [0.29, 0.717) is 6.04 Å². The van der Waals surface area contributed by atoms with Crippen molar-refractivity contribution in [3.05, 3.63) is 23.7 Å². The largest absolute Gasteiger partial charge is 0.465 e. The van der Waals surface area contributed by atoms with Crippen LogP contribution in [0.15, 0.2) is 16.5 Å². The van der Waals surface area contributed by atoms with E-state index in [1.807, 2.05) is 12.1 Å². The lowest BCUT2D eigenvalue weighted by Gasteiger charge is -2.30. The number of hydrogen-bond acceptors (Lipinski definition) is 3. The third-order valence-corrected chi connectivity index (χ3v) is 4.03. The fraction of sp³-hybridized carbons (Fsp3) is 0.714. The van der Waals surface area contributed by atoms with E-state index in [-0.39, 0.29) is 12.0 Å². The predicted molar refractivity (Wildman–Crippen MR) is 67.8 cm³/mol. The summed E-state index contributed by atoms with van der Waals surface area (Å²) < 4.78 is 5.67. The van der Waals surface area contributed by atoms with E-state index in [0.717, 1.165) is 37.3 Å². The zero-order valence-electron chi connectivity index (χ0n) is 10.8. The van der Waals surface area contributed by atoms with Crippen LogP contribution in [0.3, 0.4) is 0 Å². The number of rotatable bonds is 5. The lowest BCUT2D eigenvalue weighted by Crippen LogP contribution is -2.41. The third-order valence-electron chi connectivity index (χ3n) is 4.03. The lowest BCUT2D eigenvalue weighted by molar-refractivity contribution is 0.117. The summed E-state index contributed by atoms with van der Waals surface area (Å²) >= 11 is 0. The Morgan fingerprint density at radius 1 is 1.47 bits per heavy atom. The van der Waals surface area contributed by atoms with Gasteiger partial charge in [0.05, 0.1) is 6.54 Å². The van der Waals surface area contributed by atoms with Gasteiger partial charge in [0.1, 0.15) is 11.5 Å². The highest BCUT2D eigenvalue weighted by Gasteiger charge is 2.37. The first kappa shape index (κ1) is 12.7. The maximum atomic E-state index is 9.47. The van der Waals surface area contributed by atoms with E-state index in [2.05, 4.69) is 19.2 Å². The summed E-state index contributed by atoms with van der Waals surface area (Å²) in [5.74, 6) is 2.03. The molecule has 1 aromatic rings. The predicted octanol–water partition coefficient (Wildman–Crippen LogP) is 2.48. The van der Waals surface area contributed by atoms with Crippen molar-refractivity contribution < 1.29 is 9.52 Å². The first-order chi connectivity index (χ1) is 8.18. The van der Waals surface area contributed by atoms with Gasteiger partial charge in [0, 0.05) is 24.5 Å². The standard InChI is InChI=1S/C14H23NO2/c1-3-11-6-7-12(17-11)9-15-13-5-4-8-14(13,2)10-16/h6-7,13,15-16H,3-5,8-10H2,1-2H3. The first-order valence-corrected chi connectivity index (χ1v) is 6.60. The Hall–Kier alpha value is -0.800. The second-order valence-electron chi connectivity index (χ2n) is 5.36. The summed E-state index contributed by atoms with van der Waals surface area (Å²) in [7, 11) is 0. The van der Waals surface area contributed by atoms with Gasteiger partial charge in [-0.3, -0.25) is 0 Å². The van der Waals surface area contributed by atoms with Crippen molar-refractivity contribution in [3.8, 4) is 0 Å². The highest BCUT2D eigenvalue weighted by atomic mass is 16.3. The van der Waals surface area contributed by atoms with Gasteiger partial charge in [0.15, 0.2) is 0 Å². The van der Waals surface area contributed by atoms with Crippen molar-refractivity contribution in [2.75, 3.05) is 6.61 Å². The molecule has 2 N–H and O–H groups in total. The number of aliphatic hydroxyl groups is 1. The monoisotopic (exact) mass is 237 g/mol. The Bertz CT molecular complexity index is 361. The van der Waals surface area contributed by atoms with Crippen LogP contribution < -0.4 is 5.32 Å². The molecule has 3 nitrogen and oxygen atoms in total. The fourth-order valence-corrected chi connectivity index (χ4v) is 2.70. The molecule has 1 aliphatic rings. The quantitative estimate of drug-likeness (QED) is 0.827. The molecule has 1 heterocycles. The SMILES string of the molecule is CCc1ccc(CNC2CCCC2(C)CO)o1. The Balaban J connectivity index is 1.89. The van der Waals surface area contributed by atoms with Crippen molar-refractivity contribution >= 4 is 0 Å². The van der Waals surface area contributed by atoms with Gasteiger partial charge in [-0.1, -0.05) is 20.3 Å². The molecule has 1 fully saturated rings. The zero-order chi connectivity index (χ0) is 12.3.